The molecule has 30 heavy (non-hydrogen) atoms. The van der Waals surface area contributed by atoms with Crippen LogP contribution in [0, 0.1) is 5.41 Å². The fourth-order valence-corrected chi connectivity index (χ4v) is 4.51. The maximum atomic E-state index is 13.0. The largest absolute Gasteiger partial charge is 0.490 e. The number of rotatable bonds is 1. The zero-order valence-electron chi connectivity index (χ0n) is 17.5. The molecule has 1 saturated heterocycles. The Kier molecular flexibility index (Phi) is 6.06. The van der Waals surface area contributed by atoms with Crippen molar-refractivity contribution >= 4 is 11.9 Å². The van der Waals surface area contributed by atoms with Gasteiger partial charge in [-0.3, -0.25) is 14.3 Å². The number of hydrogen-bond donors (Lipinski definition) is 0. The number of carbonyl (C=O) groups is 2. The molecule has 1 fully saturated rings. The van der Waals surface area contributed by atoms with Crippen LogP contribution in [0.3, 0.4) is 0 Å². The van der Waals surface area contributed by atoms with Crippen molar-refractivity contribution in [2.75, 3.05) is 26.3 Å². The number of piperidine rings is 1. The number of amides is 1. The average Bonchev–Trinajstić information content (AvgIpc) is 3.20. The smallest absolute Gasteiger partial charge is 0.312 e. The summed E-state index contributed by atoms with van der Waals surface area (Å²) >= 11 is 0. The number of benzene rings is 1. The van der Waals surface area contributed by atoms with Crippen LogP contribution in [0.2, 0.25) is 0 Å². The topological polar surface area (TPSA) is 73.7 Å². The molecule has 0 radical (unpaired) electrons. The number of nitrogens with zero attached hydrogens (tertiary/aromatic N) is 3. The molecule has 3 heterocycles. The summed E-state index contributed by atoms with van der Waals surface area (Å²) in [7, 11) is 1.77. The Labute approximate surface area is 177 Å². The molecule has 2 aromatic rings. The van der Waals surface area contributed by atoms with Gasteiger partial charge in [0, 0.05) is 26.3 Å². The van der Waals surface area contributed by atoms with Crippen LogP contribution in [0.4, 0.5) is 0 Å². The van der Waals surface area contributed by atoms with Gasteiger partial charge in [0.2, 0.25) is 0 Å². The Morgan fingerprint density at radius 1 is 1.03 bits per heavy atom. The SMILES string of the molecule is Cn1nccc1C(=O)N1CCC2(CCCCc3ccccc3OCCOC2=O)CC1. The van der Waals surface area contributed by atoms with Gasteiger partial charge in [0.1, 0.15) is 24.7 Å². The van der Waals surface area contributed by atoms with Gasteiger partial charge in [-0.1, -0.05) is 24.6 Å². The third kappa shape index (κ3) is 4.20. The van der Waals surface area contributed by atoms with E-state index >= 15 is 0 Å². The van der Waals surface area contributed by atoms with Crippen LogP contribution in [-0.2, 0) is 23.0 Å². The van der Waals surface area contributed by atoms with Gasteiger partial charge in [0.25, 0.3) is 5.91 Å². The monoisotopic (exact) mass is 411 g/mol. The second-order valence-electron chi connectivity index (χ2n) is 8.21. The number of para-hydroxylation sites is 1. The summed E-state index contributed by atoms with van der Waals surface area (Å²) in [6, 6.07) is 9.80. The number of cyclic esters (lactones) is 1. The molecule has 7 nitrogen and oxygen atoms in total. The van der Waals surface area contributed by atoms with Gasteiger partial charge in [-0.15, -0.1) is 0 Å². The van der Waals surface area contributed by atoms with Crippen LogP contribution >= 0.6 is 0 Å². The first-order valence-electron chi connectivity index (χ1n) is 10.7. The lowest BCUT2D eigenvalue weighted by molar-refractivity contribution is -0.160. The van der Waals surface area contributed by atoms with E-state index in [1.54, 1.807) is 24.0 Å². The molecule has 0 bridgehead atoms. The lowest BCUT2D eigenvalue weighted by Gasteiger charge is -2.40. The number of carbonyl (C=O) groups excluding carboxylic acids is 2. The molecule has 1 aromatic carbocycles. The fraction of sp³-hybridized carbons (Fsp3) is 0.522. The zero-order chi connectivity index (χ0) is 21.0. The second-order valence-corrected chi connectivity index (χ2v) is 8.21. The van der Waals surface area contributed by atoms with Gasteiger partial charge in [-0.05, 0) is 49.8 Å². The van der Waals surface area contributed by atoms with E-state index in [1.807, 2.05) is 23.1 Å². The standard InChI is InChI=1S/C23H29N3O4/c1-25-19(9-13-24-25)21(27)26-14-11-23(12-15-26)10-5-4-7-18-6-2-3-8-20(18)29-16-17-30-22(23)28/h2-3,6,8-9,13H,4-5,7,10-12,14-17H2,1H3. The zero-order valence-corrected chi connectivity index (χ0v) is 17.5. The predicted octanol–water partition coefficient (Wildman–Crippen LogP) is 2.99. The third-order valence-corrected chi connectivity index (χ3v) is 6.38. The molecular formula is C23H29N3O4. The van der Waals surface area contributed by atoms with Crippen LogP contribution in [0.1, 0.15) is 48.2 Å². The molecule has 0 N–H and O–H groups in total. The number of aromatic nitrogens is 2. The lowest BCUT2D eigenvalue weighted by atomic mass is 9.74. The summed E-state index contributed by atoms with van der Waals surface area (Å²) < 4.78 is 13.1. The molecule has 0 atom stereocenters. The minimum Gasteiger partial charge on any atom is -0.490 e. The van der Waals surface area contributed by atoms with Crippen LogP contribution in [-0.4, -0.2) is 52.9 Å². The number of fused-ring (bicyclic) bond motifs is 1. The van der Waals surface area contributed by atoms with E-state index in [4.69, 9.17) is 9.47 Å². The molecule has 1 spiro atoms. The van der Waals surface area contributed by atoms with Crippen molar-refractivity contribution in [1.82, 2.24) is 14.7 Å². The first-order chi connectivity index (χ1) is 14.6. The highest BCUT2D eigenvalue weighted by molar-refractivity contribution is 5.92. The fourth-order valence-electron chi connectivity index (χ4n) is 4.51. The van der Waals surface area contributed by atoms with Crippen molar-refractivity contribution in [3.63, 3.8) is 0 Å². The Hall–Kier alpha value is -2.83. The van der Waals surface area contributed by atoms with Crippen LogP contribution < -0.4 is 4.74 Å². The van der Waals surface area contributed by atoms with Crippen LogP contribution in [0.5, 0.6) is 5.75 Å². The summed E-state index contributed by atoms with van der Waals surface area (Å²) in [6.07, 6.45) is 6.56. The van der Waals surface area contributed by atoms with Gasteiger partial charge in [-0.2, -0.15) is 5.10 Å². The number of hydrogen-bond acceptors (Lipinski definition) is 5. The van der Waals surface area contributed by atoms with Gasteiger partial charge < -0.3 is 14.4 Å². The third-order valence-electron chi connectivity index (χ3n) is 6.38. The second kappa shape index (κ2) is 8.90. The van der Waals surface area contributed by atoms with E-state index < -0.39 is 5.41 Å². The molecule has 0 unspecified atom stereocenters. The van der Waals surface area contributed by atoms with Crippen molar-refractivity contribution in [2.24, 2.45) is 12.5 Å². The number of likely N-dealkylation sites (tertiary alicyclic amines) is 1. The Balaban J connectivity index is 1.42. The molecule has 4 rings (SSSR count). The van der Waals surface area contributed by atoms with Crippen molar-refractivity contribution in [1.29, 1.82) is 0 Å². The highest BCUT2D eigenvalue weighted by atomic mass is 16.6. The molecule has 2 aliphatic heterocycles. The summed E-state index contributed by atoms with van der Waals surface area (Å²) in [4.78, 5) is 27.6. The summed E-state index contributed by atoms with van der Waals surface area (Å²) in [5.41, 5.74) is 1.26. The van der Waals surface area contributed by atoms with E-state index in [9.17, 15) is 9.59 Å². The molecule has 7 heteroatoms. The number of esters is 1. The average molecular weight is 412 g/mol. The normalized spacial score (nSPS) is 19.8. The van der Waals surface area contributed by atoms with Crippen molar-refractivity contribution in [3.8, 4) is 5.75 Å². The van der Waals surface area contributed by atoms with E-state index in [2.05, 4.69) is 11.2 Å². The number of ether oxygens (including phenoxy) is 2. The summed E-state index contributed by atoms with van der Waals surface area (Å²) in [5, 5.41) is 4.09. The molecule has 1 aromatic heterocycles. The molecule has 0 aliphatic carbocycles. The maximum absolute atomic E-state index is 13.0. The maximum Gasteiger partial charge on any atom is 0.312 e. The van der Waals surface area contributed by atoms with E-state index in [0.29, 0.717) is 38.2 Å². The van der Waals surface area contributed by atoms with E-state index in [-0.39, 0.29) is 18.5 Å². The quantitative estimate of drug-likeness (QED) is 0.675. The highest BCUT2D eigenvalue weighted by Gasteiger charge is 2.43. The first-order valence-corrected chi connectivity index (χ1v) is 10.7. The van der Waals surface area contributed by atoms with Crippen molar-refractivity contribution in [3.05, 3.63) is 47.8 Å². The Morgan fingerprint density at radius 3 is 2.57 bits per heavy atom. The number of aryl methyl sites for hydroxylation is 2. The highest BCUT2D eigenvalue weighted by Crippen LogP contribution is 2.39. The van der Waals surface area contributed by atoms with Gasteiger partial charge in [-0.25, -0.2) is 0 Å². The van der Waals surface area contributed by atoms with Crippen molar-refractivity contribution in [2.45, 2.75) is 38.5 Å². The predicted molar refractivity (Wildman–Crippen MR) is 111 cm³/mol. The first kappa shape index (κ1) is 20.4. The Bertz CT molecular complexity index is 899. The van der Waals surface area contributed by atoms with Gasteiger partial charge in [0.05, 0.1) is 5.41 Å². The molecular weight excluding hydrogens is 382 g/mol. The minimum atomic E-state index is -0.512. The summed E-state index contributed by atoms with van der Waals surface area (Å²) in [6.45, 7) is 1.70. The molecule has 0 saturated carbocycles. The molecule has 2 aliphatic rings. The summed E-state index contributed by atoms with van der Waals surface area (Å²) in [5.74, 6) is 0.704. The Morgan fingerprint density at radius 2 is 1.80 bits per heavy atom. The minimum absolute atomic E-state index is 0.0311. The van der Waals surface area contributed by atoms with Gasteiger partial charge >= 0.3 is 5.97 Å². The van der Waals surface area contributed by atoms with Crippen LogP contribution in [0.25, 0.3) is 0 Å². The van der Waals surface area contributed by atoms with E-state index in [1.165, 1.54) is 5.56 Å². The molecule has 1 amide bonds. The van der Waals surface area contributed by atoms with E-state index in [0.717, 1.165) is 31.4 Å². The van der Waals surface area contributed by atoms with Crippen LogP contribution in [0.15, 0.2) is 36.5 Å². The lowest BCUT2D eigenvalue weighted by Crippen LogP contribution is -2.47. The molecule has 160 valence electrons. The van der Waals surface area contributed by atoms with Gasteiger partial charge in [0.15, 0.2) is 0 Å². The van der Waals surface area contributed by atoms with Crippen molar-refractivity contribution < 1.29 is 19.1 Å².